The van der Waals surface area contributed by atoms with Crippen molar-refractivity contribution >= 4 is 0 Å². The van der Waals surface area contributed by atoms with Gasteiger partial charge in [-0.25, -0.2) is 0 Å². The highest BCUT2D eigenvalue weighted by atomic mass is 16.5. The fourth-order valence-electron chi connectivity index (χ4n) is 8.10. The molecule has 4 nitrogen and oxygen atoms in total. The zero-order valence-corrected chi connectivity index (χ0v) is 38.5. The number of hydrogen-bond acceptors (Lipinski definition) is 4. The molecule has 0 radical (unpaired) electrons. The molecule has 0 heterocycles. The molecule has 0 unspecified atom stereocenters. The molecular formula is C53H92O4. The van der Waals surface area contributed by atoms with E-state index in [1.807, 2.05) is 12.1 Å². The maximum Gasteiger partial charge on any atom is 0.164 e. The van der Waals surface area contributed by atoms with Crippen LogP contribution in [0.3, 0.4) is 0 Å². The Labute approximate surface area is 354 Å². The first-order valence-electron chi connectivity index (χ1n) is 24.8. The number of rotatable bonds is 41. The van der Waals surface area contributed by atoms with Crippen molar-refractivity contribution in [2.75, 3.05) is 20.3 Å². The highest BCUT2D eigenvalue weighted by molar-refractivity contribution is 5.49. The minimum absolute atomic E-state index is 0.482. The standard InChI is InChI=1S/C53H92O4/c1-6-9-11-13-15-17-19-21-23-25-27-29-31-33-35-37-41-55-52-44-48(46-57-51-45-50(54-5)40-39-49(51)8-3)43-47(4)53(52)56-42-38-36-34-32-30-28-26-24-22-20-18-16-14-12-10-7-2/h39-40,43-45H,6-38,41-42,46H2,1-5H3. The van der Waals surface area contributed by atoms with Gasteiger partial charge in [-0.05, 0) is 61.1 Å². The van der Waals surface area contributed by atoms with Crippen molar-refractivity contribution in [1.82, 2.24) is 0 Å². The molecule has 2 aromatic rings. The summed E-state index contributed by atoms with van der Waals surface area (Å²) in [4.78, 5) is 0. The highest BCUT2D eigenvalue weighted by Crippen LogP contribution is 2.34. The van der Waals surface area contributed by atoms with Crippen LogP contribution in [0.15, 0.2) is 30.3 Å². The maximum atomic E-state index is 6.49. The first-order chi connectivity index (χ1) is 28.1. The molecule has 0 atom stereocenters. The Morgan fingerprint density at radius 1 is 0.404 bits per heavy atom. The summed E-state index contributed by atoms with van der Waals surface area (Å²) in [5.41, 5.74) is 3.41. The molecule has 0 bridgehead atoms. The monoisotopic (exact) mass is 793 g/mol. The zero-order chi connectivity index (χ0) is 40.9. The third-order valence-electron chi connectivity index (χ3n) is 11.8. The number of aryl methyl sites for hydroxylation is 2. The summed E-state index contributed by atoms with van der Waals surface area (Å²) in [7, 11) is 1.70. The average Bonchev–Trinajstić information content (AvgIpc) is 3.22. The van der Waals surface area contributed by atoms with E-state index in [0.29, 0.717) is 6.61 Å². The van der Waals surface area contributed by atoms with Crippen molar-refractivity contribution in [2.24, 2.45) is 0 Å². The molecule has 0 fully saturated rings. The normalized spacial score (nSPS) is 11.3. The number of ether oxygens (including phenoxy) is 4. The number of unbranched alkanes of at least 4 members (excludes halogenated alkanes) is 30. The van der Waals surface area contributed by atoms with E-state index in [-0.39, 0.29) is 0 Å². The van der Waals surface area contributed by atoms with Gasteiger partial charge in [-0.15, -0.1) is 0 Å². The lowest BCUT2D eigenvalue weighted by Gasteiger charge is -2.18. The topological polar surface area (TPSA) is 36.9 Å². The predicted octanol–water partition coefficient (Wildman–Crippen LogP) is 17.4. The minimum atomic E-state index is 0.482. The fourth-order valence-corrected chi connectivity index (χ4v) is 8.10. The average molecular weight is 793 g/mol. The maximum absolute atomic E-state index is 6.49. The van der Waals surface area contributed by atoms with E-state index in [1.54, 1.807) is 7.11 Å². The van der Waals surface area contributed by atoms with Gasteiger partial charge in [0.25, 0.3) is 0 Å². The summed E-state index contributed by atoms with van der Waals surface area (Å²) in [6, 6.07) is 10.5. The Bertz CT molecular complexity index is 1190. The van der Waals surface area contributed by atoms with Crippen LogP contribution in [0, 0.1) is 6.92 Å². The fraction of sp³-hybridized carbons (Fsp3) is 0.774. The van der Waals surface area contributed by atoms with E-state index in [9.17, 15) is 0 Å². The molecule has 2 rings (SSSR count). The SMILES string of the molecule is CCCCCCCCCCCCCCCCCCOc1cc(COc2cc(OC)ccc2CC)cc(C)c1OCCCCCCCCCCCCCCCCCC. The van der Waals surface area contributed by atoms with Crippen molar-refractivity contribution in [3.63, 3.8) is 0 Å². The largest absolute Gasteiger partial charge is 0.497 e. The third kappa shape index (κ3) is 26.4. The molecule has 0 aromatic heterocycles. The first kappa shape index (κ1) is 50.8. The predicted molar refractivity (Wildman–Crippen MR) is 248 cm³/mol. The number of hydrogen-bond donors (Lipinski definition) is 0. The molecule has 2 aromatic carbocycles. The van der Waals surface area contributed by atoms with E-state index >= 15 is 0 Å². The van der Waals surface area contributed by atoms with Crippen LogP contribution in [0.2, 0.25) is 0 Å². The van der Waals surface area contributed by atoms with Crippen molar-refractivity contribution in [3.8, 4) is 23.0 Å². The van der Waals surface area contributed by atoms with Crippen LogP contribution in [0.4, 0.5) is 0 Å². The van der Waals surface area contributed by atoms with Crippen LogP contribution in [0.25, 0.3) is 0 Å². The van der Waals surface area contributed by atoms with E-state index in [0.717, 1.165) is 66.6 Å². The number of benzene rings is 2. The lowest BCUT2D eigenvalue weighted by atomic mass is 10.0. The summed E-state index contributed by atoms with van der Waals surface area (Å²) in [6.07, 6.45) is 44.9. The summed E-state index contributed by atoms with van der Waals surface area (Å²) in [5, 5.41) is 0. The van der Waals surface area contributed by atoms with Gasteiger partial charge in [-0.3, -0.25) is 0 Å². The summed E-state index contributed by atoms with van der Waals surface area (Å²) in [6.45, 7) is 10.9. The molecule has 0 aliphatic heterocycles. The Morgan fingerprint density at radius 3 is 1.21 bits per heavy atom. The summed E-state index contributed by atoms with van der Waals surface area (Å²) in [5.74, 6) is 3.48. The van der Waals surface area contributed by atoms with E-state index in [4.69, 9.17) is 18.9 Å². The van der Waals surface area contributed by atoms with Crippen LogP contribution < -0.4 is 18.9 Å². The van der Waals surface area contributed by atoms with Gasteiger partial charge in [0.05, 0.1) is 20.3 Å². The third-order valence-corrected chi connectivity index (χ3v) is 11.8. The molecule has 4 heteroatoms. The molecular weight excluding hydrogens is 701 g/mol. The van der Waals surface area contributed by atoms with Gasteiger partial charge in [0.1, 0.15) is 18.1 Å². The molecule has 0 N–H and O–H groups in total. The molecule has 0 saturated carbocycles. The summed E-state index contributed by atoms with van der Waals surface area (Å²) >= 11 is 0. The van der Waals surface area contributed by atoms with Crippen LogP contribution in [0.5, 0.6) is 23.0 Å². The smallest absolute Gasteiger partial charge is 0.164 e. The van der Waals surface area contributed by atoms with Crippen molar-refractivity contribution in [1.29, 1.82) is 0 Å². The van der Waals surface area contributed by atoms with Crippen molar-refractivity contribution < 1.29 is 18.9 Å². The van der Waals surface area contributed by atoms with Gasteiger partial charge in [0, 0.05) is 6.07 Å². The molecule has 57 heavy (non-hydrogen) atoms. The van der Waals surface area contributed by atoms with Crippen LogP contribution in [-0.4, -0.2) is 20.3 Å². The van der Waals surface area contributed by atoms with Gasteiger partial charge in [0.2, 0.25) is 0 Å². The Balaban J connectivity index is 1.71. The van der Waals surface area contributed by atoms with Gasteiger partial charge >= 0.3 is 0 Å². The second kappa shape index (κ2) is 36.7. The summed E-state index contributed by atoms with van der Waals surface area (Å²) < 4.78 is 24.8. The molecule has 0 saturated heterocycles. The molecule has 0 aliphatic carbocycles. The highest BCUT2D eigenvalue weighted by Gasteiger charge is 2.13. The van der Waals surface area contributed by atoms with Crippen LogP contribution in [-0.2, 0) is 13.0 Å². The zero-order valence-electron chi connectivity index (χ0n) is 38.5. The molecule has 0 spiro atoms. The van der Waals surface area contributed by atoms with E-state index in [1.165, 1.54) is 198 Å². The lowest BCUT2D eigenvalue weighted by Crippen LogP contribution is -2.06. The molecule has 0 aliphatic rings. The Hall–Kier alpha value is -2.36. The van der Waals surface area contributed by atoms with E-state index < -0.39 is 0 Å². The number of methoxy groups -OCH3 is 1. The first-order valence-corrected chi connectivity index (χ1v) is 24.8. The second-order valence-corrected chi connectivity index (χ2v) is 17.2. The van der Waals surface area contributed by atoms with Crippen LogP contribution in [0.1, 0.15) is 243 Å². The van der Waals surface area contributed by atoms with Gasteiger partial charge < -0.3 is 18.9 Å². The van der Waals surface area contributed by atoms with Crippen LogP contribution >= 0.6 is 0 Å². The van der Waals surface area contributed by atoms with Gasteiger partial charge in [-0.2, -0.15) is 0 Å². The second-order valence-electron chi connectivity index (χ2n) is 17.2. The lowest BCUT2D eigenvalue weighted by molar-refractivity contribution is 0.255. The van der Waals surface area contributed by atoms with E-state index in [2.05, 4.69) is 45.9 Å². The Morgan fingerprint density at radius 2 is 0.807 bits per heavy atom. The quantitative estimate of drug-likeness (QED) is 0.0629. The minimum Gasteiger partial charge on any atom is -0.497 e. The van der Waals surface area contributed by atoms with Crippen molar-refractivity contribution in [2.45, 2.75) is 246 Å². The molecule has 0 amide bonds. The van der Waals surface area contributed by atoms with Gasteiger partial charge in [-0.1, -0.05) is 219 Å². The molecule has 328 valence electrons. The van der Waals surface area contributed by atoms with Crippen molar-refractivity contribution in [3.05, 3.63) is 47.0 Å². The Kier molecular flexibility index (Phi) is 32.7. The van der Waals surface area contributed by atoms with Gasteiger partial charge in [0.15, 0.2) is 11.5 Å².